The van der Waals surface area contributed by atoms with Gasteiger partial charge in [0.05, 0.1) is 6.61 Å². The molecular formula is C8H13N3O5. The van der Waals surface area contributed by atoms with Crippen molar-refractivity contribution in [3.05, 3.63) is 11.4 Å². The summed E-state index contributed by atoms with van der Waals surface area (Å²) in [5, 5.41) is 32.9. The van der Waals surface area contributed by atoms with Crippen molar-refractivity contribution in [2.24, 2.45) is 5.73 Å². The molecule has 1 rings (SSSR count). The van der Waals surface area contributed by atoms with Crippen molar-refractivity contribution >= 4 is 5.91 Å². The number of aromatic nitrogens is 2. The van der Waals surface area contributed by atoms with Crippen LogP contribution in [0.3, 0.4) is 0 Å². The molecular weight excluding hydrogens is 218 g/mol. The largest absolute Gasteiger partial charge is 0.504 e. The Balaban J connectivity index is 2.58. The summed E-state index contributed by atoms with van der Waals surface area (Å²) in [7, 11) is 0. The molecule has 0 aliphatic rings. The summed E-state index contributed by atoms with van der Waals surface area (Å²) in [6.45, 7) is -0.420. The summed E-state index contributed by atoms with van der Waals surface area (Å²) < 4.78 is 4.84. The SMILES string of the molecule is NC(=O)c1[nH]nc(COC(O)CCO)c1O. The number of nitrogens with zero attached hydrogens (tertiary/aromatic N) is 1. The highest BCUT2D eigenvalue weighted by atomic mass is 16.6. The lowest BCUT2D eigenvalue weighted by molar-refractivity contribution is -0.118. The van der Waals surface area contributed by atoms with Crippen molar-refractivity contribution in [3.8, 4) is 5.75 Å². The number of hydrogen-bond acceptors (Lipinski definition) is 6. The molecule has 1 heterocycles. The lowest BCUT2D eigenvalue weighted by Crippen LogP contribution is -2.13. The first-order valence-electron chi connectivity index (χ1n) is 4.52. The number of aromatic hydroxyl groups is 1. The van der Waals surface area contributed by atoms with E-state index in [2.05, 4.69) is 10.2 Å². The summed E-state index contributed by atoms with van der Waals surface area (Å²) in [4.78, 5) is 10.7. The van der Waals surface area contributed by atoms with Gasteiger partial charge in [0.25, 0.3) is 5.91 Å². The van der Waals surface area contributed by atoms with E-state index in [0.717, 1.165) is 0 Å². The molecule has 6 N–H and O–H groups in total. The van der Waals surface area contributed by atoms with Crippen LogP contribution in [0.25, 0.3) is 0 Å². The topological polar surface area (TPSA) is 142 Å². The monoisotopic (exact) mass is 231 g/mol. The zero-order chi connectivity index (χ0) is 12.1. The summed E-state index contributed by atoms with van der Waals surface area (Å²) in [6, 6.07) is 0. The number of amides is 1. The Labute approximate surface area is 90.7 Å². The Morgan fingerprint density at radius 3 is 2.81 bits per heavy atom. The molecule has 1 aromatic rings. The van der Waals surface area contributed by atoms with Crippen molar-refractivity contribution in [1.82, 2.24) is 10.2 Å². The van der Waals surface area contributed by atoms with Gasteiger partial charge in [-0.2, -0.15) is 5.10 Å². The molecule has 0 saturated heterocycles. The van der Waals surface area contributed by atoms with E-state index in [1.54, 1.807) is 0 Å². The van der Waals surface area contributed by atoms with Crippen LogP contribution in [0.1, 0.15) is 22.6 Å². The van der Waals surface area contributed by atoms with E-state index in [9.17, 15) is 9.90 Å². The first kappa shape index (κ1) is 12.4. The Morgan fingerprint density at radius 2 is 2.31 bits per heavy atom. The van der Waals surface area contributed by atoms with Gasteiger partial charge in [0.2, 0.25) is 0 Å². The van der Waals surface area contributed by atoms with Gasteiger partial charge in [-0.3, -0.25) is 9.89 Å². The fourth-order valence-corrected chi connectivity index (χ4v) is 1.01. The molecule has 16 heavy (non-hydrogen) atoms. The minimum Gasteiger partial charge on any atom is -0.504 e. The van der Waals surface area contributed by atoms with Gasteiger partial charge in [-0.25, -0.2) is 0 Å². The van der Waals surface area contributed by atoms with E-state index in [1.165, 1.54) is 0 Å². The van der Waals surface area contributed by atoms with Crippen LogP contribution < -0.4 is 5.73 Å². The van der Waals surface area contributed by atoms with E-state index >= 15 is 0 Å². The molecule has 0 radical (unpaired) electrons. The second-order valence-corrected chi connectivity index (χ2v) is 3.04. The van der Waals surface area contributed by atoms with Crippen LogP contribution in [-0.4, -0.2) is 44.3 Å². The third-order valence-electron chi connectivity index (χ3n) is 1.85. The maximum Gasteiger partial charge on any atom is 0.270 e. The highest BCUT2D eigenvalue weighted by Crippen LogP contribution is 2.19. The molecule has 8 nitrogen and oxygen atoms in total. The predicted octanol–water partition coefficient (Wildman–Crippen LogP) is -1.57. The van der Waals surface area contributed by atoms with Crippen LogP contribution in [0.2, 0.25) is 0 Å². The van der Waals surface area contributed by atoms with Gasteiger partial charge in [-0.15, -0.1) is 0 Å². The maximum absolute atomic E-state index is 10.7. The predicted molar refractivity (Wildman–Crippen MR) is 51.3 cm³/mol. The van der Waals surface area contributed by atoms with Gasteiger partial charge < -0.3 is 25.8 Å². The van der Waals surface area contributed by atoms with Gasteiger partial charge in [0, 0.05) is 13.0 Å². The van der Waals surface area contributed by atoms with Gasteiger partial charge in [-0.1, -0.05) is 0 Å². The smallest absolute Gasteiger partial charge is 0.270 e. The molecule has 1 unspecified atom stereocenters. The first-order chi connectivity index (χ1) is 7.56. The van der Waals surface area contributed by atoms with Gasteiger partial charge in [0.15, 0.2) is 17.7 Å². The Kier molecular flexibility index (Phi) is 4.23. The number of hydrogen-bond donors (Lipinski definition) is 5. The van der Waals surface area contributed by atoms with Gasteiger partial charge in [0.1, 0.15) is 5.69 Å². The van der Waals surface area contributed by atoms with Crippen molar-refractivity contribution in [1.29, 1.82) is 0 Å². The highest BCUT2D eigenvalue weighted by molar-refractivity contribution is 5.93. The molecule has 1 aromatic heterocycles. The van der Waals surface area contributed by atoms with E-state index in [-0.39, 0.29) is 31.0 Å². The number of aromatic amines is 1. The fraction of sp³-hybridized carbons (Fsp3) is 0.500. The van der Waals surface area contributed by atoms with E-state index in [1.807, 2.05) is 0 Å². The average Bonchev–Trinajstić information content (AvgIpc) is 2.57. The normalized spacial score (nSPS) is 12.6. The van der Waals surface area contributed by atoms with Crippen LogP contribution in [0, 0.1) is 0 Å². The second kappa shape index (κ2) is 5.45. The number of aliphatic hydroxyl groups excluding tert-OH is 2. The van der Waals surface area contributed by atoms with Gasteiger partial charge >= 0.3 is 0 Å². The first-order valence-corrected chi connectivity index (χ1v) is 4.52. The molecule has 0 fully saturated rings. The summed E-state index contributed by atoms with van der Waals surface area (Å²) in [6.07, 6.45) is -1.11. The second-order valence-electron chi connectivity index (χ2n) is 3.04. The third kappa shape index (κ3) is 2.92. The summed E-state index contributed by atoms with van der Waals surface area (Å²) in [5.41, 5.74) is 4.79. The number of ether oxygens (including phenoxy) is 1. The molecule has 0 aliphatic carbocycles. The summed E-state index contributed by atoms with van der Waals surface area (Å²) >= 11 is 0. The van der Waals surface area contributed by atoms with Gasteiger partial charge in [-0.05, 0) is 0 Å². The lowest BCUT2D eigenvalue weighted by Gasteiger charge is -2.08. The maximum atomic E-state index is 10.7. The molecule has 0 spiro atoms. The number of aliphatic hydroxyl groups is 2. The molecule has 90 valence electrons. The Hall–Kier alpha value is -1.64. The number of nitrogens with one attached hydrogen (secondary N) is 1. The van der Waals surface area contributed by atoms with Crippen LogP contribution in [0.4, 0.5) is 0 Å². The fourth-order valence-electron chi connectivity index (χ4n) is 1.01. The average molecular weight is 231 g/mol. The van der Waals surface area contributed by atoms with Crippen LogP contribution in [0.5, 0.6) is 5.75 Å². The number of H-pyrrole nitrogens is 1. The summed E-state index contributed by atoms with van der Waals surface area (Å²) in [5.74, 6) is -1.24. The van der Waals surface area contributed by atoms with Crippen LogP contribution in [-0.2, 0) is 11.3 Å². The number of rotatable bonds is 6. The number of carbonyl (C=O) groups is 1. The van der Waals surface area contributed by atoms with Crippen LogP contribution in [0.15, 0.2) is 0 Å². The molecule has 0 aromatic carbocycles. The van der Waals surface area contributed by atoms with E-state index < -0.39 is 17.9 Å². The van der Waals surface area contributed by atoms with Crippen molar-refractivity contribution in [2.45, 2.75) is 19.3 Å². The van der Waals surface area contributed by atoms with Crippen LogP contribution >= 0.6 is 0 Å². The van der Waals surface area contributed by atoms with Crippen molar-refractivity contribution in [3.63, 3.8) is 0 Å². The van der Waals surface area contributed by atoms with E-state index in [4.69, 9.17) is 20.7 Å². The molecule has 1 amide bonds. The molecule has 0 saturated carbocycles. The number of primary amides is 1. The number of nitrogens with two attached hydrogens (primary N) is 1. The standard InChI is InChI=1S/C8H13N3O5/c9-8(15)6-7(14)4(10-11-6)3-16-5(13)1-2-12/h5,12-14H,1-3H2,(H2,9,15)(H,10,11). The zero-order valence-electron chi connectivity index (χ0n) is 8.38. The number of carbonyl (C=O) groups excluding carboxylic acids is 1. The van der Waals surface area contributed by atoms with Crippen molar-refractivity contribution < 1.29 is 24.9 Å². The minimum absolute atomic E-state index is 0.0495. The quantitative estimate of drug-likeness (QED) is 0.374. The molecule has 0 bridgehead atoms. The Morgan fingerprint density at radius 1 is 1.62 bits per heavy atom. The molecule has 8 heteroatoms. The lowest BCUT2D eigenvalue weighted by atomic mass is 10.3. The zero-order valence-corrected chi connectivity index (χ0v) is 8.38. The Bertz CT molecular complexity index is 365. The molecule has 0 aliphatic heterocycles. The van der Waals surface area contributed by atoms with E-state index in [0.29, 0.717) is 0 Å². The minimum atomic E-state index is -1.15. The highest BCUT2D eigenvalue weighted by Gasteiger charge is 2.17. The molecule has 1 atom stereocenters. The van der Waals surface area contributed by atoms with Crippen molar-refractivity contribution in [2.75, 3.05) is 6.61 Å². The third-order valence-corrected chi connectivity index (χ3v) is 1.85.